The summed E-state index contributed by atoms with van der Waals surface area (Å²) >= 11 is 0. The van der Waals surface area contributed by atoms with Crippen molar-refractivity contribution in [2.75, 3.05) is 26.3 Å². The average molecular weight is 315 g/mol. The van der Waals surface area contributed by atoms with Gasteiger partial charge in [-0.05, 0) is 24.1 Å². The molecule has 1 aromatic heterocycles. The monoisotopic (exact) mass is 315 g/mol. The molecule has 1 amide bonds. The predicted molar refractivity (Wildman–Crippen MR) is 85.1 cm³/mol. The Hall–Kier alpha value is -2.18. The van der Waals surface area contributed by atoms with Crippen molar-refractivity contribution in [3.63, 3.8) is 0 Å². The normalized spacial score (nSPS) is 21.4. The Morgan fingerprint density at radius 2 is 2.26 bits per heavy atom. The molecule has 0 aliphatic carbocycles. The van der Waals surface area contributed by atoms with Gasteiger partial charge in [-0.3, -0.25) is 9.89 Å². The van der Waals surface area contributed by atoms with E-state index in [9.17, 15) is 9.90 Å². The maximum Gasteiger partial charge on any atom is 0.272 e. The van der Waals surface area contributed by atoms with Crippen LogP contribution in [0.1, 0.15) is 21.6 Å². The van der Waals surface area contributed by atoms with E-state index in [-0.39, 0.29) is 12.5 Å². The molecule has 1 aliphatic heterocycles. The summed E-state index contributed by atoms with van der Waals surface area (Å²) < 4.78 is 5.90. The van der Waals surface area contributed by atoms with Crippen molar-refractivity contribution >= 4 is 5.91 Å². The molecule has 1 aromatic carbocycles. The molecular weight excluding hydrogens is 294 g/mol. The van der Waals surface area contributed by atoms with E-state index in [2.05, 4.69) is 10.2 Å². The molecule has 122 valence electrons. The third-order valence-electron chi connectivity index (χ3n) is 4.33. The lowest BCUT2D eigenvalue weighted by molar-refractivity contribution is -0.123. The van der Waals surface area contributed by atoms with Crippen molar-refractivity contribution in [1.82, 2.24) is 15.1 Å². The number of nitrogens with zero attached hydrogens (tertiary/aromatic N) is 2. The van der Waals surface area contributed by atoms with Crippen molar-refractivity contribution in [3.8, 4) is 0 Å². The fourth-order valence-corrected chi connectivity index (χ4v) is 2.98. The van der Waals surface area contributed by atoms with Crippen LogP contribution in [-0.4, -0.2) is 58.0 Å². The van der Waals surface area contributed by atoms with Crippen LogP contribution in [0.3, 0.4) is 0 Å². The summed E-state index contributed by atoms with van der Waals surface area (Å²) in [5, 5.41) is 16.5. The van der Waals surface area contributed by atoms with E-state index < -0.39 is 5.60 Å². The molecular formula is C17H21N3O3. The van der Waals surface area contributed by atoms with E-state index in [1.807, 2.05) is 31.2 Å². The molecule has 2 N–H and O–H groups in total. The molecule has 0 spiro atoms. The highest BCUT2D eigenvalue weighted by atomic mass is 16.5. The highest BCUT2D eigenvalue weighted by Gasteiger charge is 2.38. The molecule has 6 nitrogen and oxygen atoms in total. The van der Waals surface area contributed by atoms with Gasteiger partial charge in [0.25, 0.3) is 5.91 Å². The third kappa shape index (κ3) is 3.28. The van der Waals surface area contributed by atoms with E-state index in [0.717, 1.165) is 11.1 Å². The fraction of sp³-hybridized carbons (Fsp3) is 0.412. The Morgan fingerprint density at radius 3 is 2.96 bits per heavy atom. The van der Waals surface area contributed by atoms with Gasteiger partial charge < -0.3 is 14.7 Å². The molecule has 1 saturated heterocycles. The molecule has 0 radical (unpaired) electrons. The number of carbonyl (C=O) groups excluding carboxylic acids is 1. The lowest BCUT2D eigenvalue weighted by Gasteiger charge is -2.42. The van der Waals surface area contributed by atoms with Gasteiger partial charge in [0, 0.05) is 19.2 Å². The predicted octanol–water partition coefficient (Wildman–Crippen LogP) is 1.16. The van der Waals surface area contributed by atoms with Crippen LogP contribution in [0.15, 0.2) is 36.5 Å². The topological polar surface area (TPSA) is 78.5 Å². The van der Waals surface area contributed by atoms with Crippen LogP contribution < -0.4 is 0 Å². The van der Waals surface area contributed by atoms with Gasteiger partial charge in [0.05, 0.1) is 19.8 Å². The van der Waals surface area contributed by atoms with Gasteiger partial charge in [0.2, 0.25) is 0 Å². The molecule has 2 heterocycles. The number of carbonyl (C=O) groups is 1. The Kier molecular flexibility index (Phi) is 4.45. The molecule has 3 rings (SSSR count). The first-order valence-electron chi connectivity index (χ1n) is 7.71. The van der Waals surface area contributed by atoms with Crippen LogP contribution in [0, 0.1) is 6.92 Å². The molecule has 23 heavy (non-hydrogen) atoms. The zero-order valence-electron chi connectivity index (χ0n) is 13.2. The molecule has 0 bridgehead atoms. The zero-order chi connectivity index (χ0) is 16.3. The number of benzene rings is 1. The van der Waals surface area contributed by atoms with Gasteiger partial charge in [0.1, 0.15) is 11.3 Å². The summed E-state index contributed by atoms with van der Waals surface area (Å²) in [7, 11) is 0. The van der Waals surface area contributed by atoms with E-state index in [0.29, 0.717) is 31.8 Å². The number of hydrogen-bond donors (Lipinski definition) is 2. The van der Waals surface area contributed by atoms with Crippen molar-refractivity contribution in [2.24, 2.45) is 0 Å². The molecule has 1 atom stereocenters. The molecule has 1 unspecified atom stereocenters. The van der Waals surface area contributed by atoms with Crippen molar-refractivity contribution in [2.45, 2.75) is 18.9 Å². The van der Waals surface area contributed by atoms with E-state index in [1.165, 1.54) is 0 Å². The number of aliphatic hydroxyl groups is 1. The lowest BCUT2D eigenvalue weighted by atomic mass is 9.91. The minimum absolute atomic E-state index is 0.117. The molecule has 0 saturated carbocycles. The minimum atomic E-state index is -0.764. The van der Waals surface area contributed by atoms with E-state index >= 15 is 0 Å². The average Bonchev–Trinajstić information content (AvgIpc) is 3.11. The van der Waals surface area contributed by atoms with Crippen LogP contribution in [0.25, 0.3) is 0 Å². The van der Waals surface area contributed by atoms with E-state index in [4.69, 9.17) is 4.74 Å². The molecule has 1 aliphatic rings. The smallest absolute Gasteiger partial charge is 0.272 e. The van der Waals surface area contributed by atoms with Crippen LogP contribution >= 0.6 is 0 Å². The van der Waals surface area contributed by atoms with E-state index in [1.54, 1.807) is 17.2 Å². The molecule has 2 aromatic rings. The van der Waals surface area contributed by atoms with Gasteiger partial charge in [-0.1, -0.05) is 24.3 Å². The van der Waals surface area contributed by atoms with Gasteiger partial charge in [0.15, 0.2) is 0 Å². The second-order valence-electron chi connectivity index (χ2n) is 5.99. The summed E-state index contributed by atoms with van der Waals surface area (Å²) in [6, 6.07) is 9.69. The quantitative estimate of drug-likeness (QED) is 0.887. The maximum absolute atomic E-state index is 12.5. The second-order valence-corrected chi connectivity index (χ2v) is 5.99. The van der Waals surface area contributed by atoms with Gasteiger partial charge in [-0.25, -0.2) is 0 Å². The summed E-state index contributed by atoms with van der Waals surface area (Å²) in [5.41, 5.74) is 1.97. The standard InChI is InChI=1S/C17H21N3O3/c1-13-4-2-3-5-14(13)10-17(12-21)11-20(8-9-23-17)16(22)15-6-7-18-19-15/h2-7,21H,8-12H2,1H3,(H,18,19). The largest absolute Gasteiger partial charge is 0.393 e. The number of morpholine rings is 1. The highest BCUT2D eigenvalue weighted by molar-refractivity contribution is 5.92. The summed E-state index contributed by atoms with van der Waals surface area (Å²) in [6.45, 7) is 3.18. The van der Waals surface area contributed by atoms with Gasteiger partial charge >= 0.3 is 0 Å². The highest BCUT2D eigenvalue weighted by Crippen LogP contribution is 2.25. The second kappa shape index (κ2) is 6.52. The number of aliphatic hydroxyl groups excluding tert-OH is 1. The number of aryl methyl sites for hydroxylation is 1. The number of aromatic amines is 1. The zero-order valence-corrected chi connectivity index (χ0v) is 13.2. The number of hydrogen-bond acceptors (Lipinski definition) is 4. The SMILES string of the molecule is Cc1ccccc1CC1(CO)CN(C(=O)c2ccn[nH]2)CCO1. The first-order chi connectivity index (χ1) is 11.1. The van der Waals surface area contributed by atoms with Crippen molar-refractivity contribution in [3.05, 3.63) is 53.3 Å². The maximum atomic E-state index is 12.5. The molecule has 6 heteroatoms. The summed E-state index contributed by atoms with van der Waals surface area (Å²) in [4.78, 5) is 14.2. The number of aromatic nitrogens is 2. The summed E-state index contributed by atoms with van der Waals surface area (Å²) in [5.74, 6) is -0.117. The number of H-pyrrole nitrogens is 1. The van der Waals surface area contributed by atoms with Gasteiger partial charge in [-0.15, -0.1) is 0 Å². The van der Waals surface area contributed by atoms with Crippen LogP contribution in [-0.2, 0) is 11.2 Å². The Morgan fingerprint density at radius 1 is 1.43 bits per heavy atom. The minimum Gasteiger partial charge on any atom is -0.393 e. The first kappa shape index (κ1) is 15.7. The molecule has 1 fully saturated rings. The number of ether oxygens (including phenoxy) is 1. The summed E-state index contributed by atoms with van der Waals surface area (Å²) in [6.07, 6.45) is 2.13. The van der Waals surface area contributed by atoms with Crippen molar-refractivity contribution < 1.29 is 14.6 Å². The lowest BCUT2D eigenvalue weighted by Crippen LogP contribution is -2.57. The number of rotatable bonds is 4. The third-order valence-corrected chi connectivity index (χ3v) is 4.33. The first-order valence-corrected chi connectivity index (χ1v) is 7.71. The number of nitrogens with one attached hydrogen (secondary N) is 1. The van der Waals surface area contributed by atoms with Crippen LogP contribution in [0.4, 0.5) is 0 Å². The Labute approximate surface area is 135 Å². The Bertz CT molecular complexity index is 671. The van der Waals surface area contributed by atoms with Crippen LogP contribution in [0.2, 0.25) is 0 Å². The van der Waals surface area contributed by atoms with Crippen LogP contribution in [0.5, 0.6) is 0 Å². The van der Waals surface area contributed by atoms with Gasteiger partial charge in [-0.2, -0.15) is 5.10 Å². The fourth-order valence-electron chi connectivity index (χ4n) is 2.98. The number of amides is 1. The Balaban J connectivity index is 1.79. The van der Waals surface area contributed by atoms with Crippen molar-refractivity contribution in [1.29, 1.82) is 0 Å².